The van der Waals surface area contributed by atoms with Gasteiger partial charge in [-0.2, -0.15) is 0 Å². The molecule has 2 atom stereocenters. The summed E-state index contributed by atoms with van der Waals surface area (Å²) in [4.78, 5) is 25.0. The molecule has 0 aliphatic rings. The Bertz CT molecular complexity index is 1090. The molecule has 190 valence electrons. The Kier molecular flexibility index (Phi) is 9.47. The fraction of sp³-hybridized carbons (Fsp3) is 0.310. The van der Waals surface area contributed by atoms with E-state index in [1.807, 2.05) is 84.9 Å². The van der Waals surface area contributed by atoms with Crippen LogP contribution in [0.2, 0.25) is 0 Å². The molecule has 1 amide bonds. The van der Waals surface area contributed by atoms with E-state index in [1.165, 1.54) is 0 Å². The van der Waals surface area contributed by atoms with Crippen molar-refractivity contribution in [2.45, 2.75) is 58.2 Å². The van der Waals surface area contributed by atoms with Gasteiger partial charge in [0.1, 0.15) is 24.6 Å². The highest BCUT2D eigenvalue weighted by Gasteiger charge is 2.31. The van der Waals surface area contributed by atoms with Crippen LogP contribution in [-0.4, -0.2) is 34.9 Å². The first kappa shape index (κ1) is 26.8. The Morgan fingerprint density at radius 3 is 1.92 bits per heavy atom. The van der Waals surface area contributed by atoms with Crippen LogP contribution in [0.3, 0.4) is 0 Å². The van der Waals surface area contributed by atoms with E-state index in [0.29, 0.717) is 12.4 Å². The molecular formula is C29H33NO6. The van der Waals surface area contributed by atoms with Crippen molar-refractivity contribution in [2.75, 3.05) is 0 Å². The summed E-state index contributed by atoms with van der Waals surface area (Å²) in [6.45, 7) is 5.67. The Hall–Kier alpha value is -3.84. The van der Waals surface area contributed by atoms with E-state index in [2.05, 4.69) is 5.32 Å². The number of carbonyl (C=O) groups is 2. The quantitative estimate of drug-likeness (QED) is 0.396. The molecule has 7 heteroatoms. The van der Waals surface area contributed by atoms with Crippen LogP contribution in [0.1, 0.15) is 37.5 Å². The van der Waals surface area contributed by atoms with Gasteiger partial charge in [-0.15, -0.1) is 0 Å². The van der Waals surface area contributed by atoms with Gasteiger partial charge in [0.05, 0.1) is 6.04 Å². The number of ether oxygens (including phenoxy) is 3. The van der Waals surface area contributed by atoms with E-state index < -0.39 is 29.8 Å². The molecule has 0 aliphatic carbocycles. The minimum absolute atomic E-state index is 0.0172. The van der Waals surface area contributed by atoms with Gasteiger partial charge in [-0.25, -0.2) is 9.59 Å². The molecule has 0 heterocycles. The molecule has 3 rings (SSSR count). The first-order valence-electron chi connectivity index (χ1n) is 11.8. The fourth-order valence-electron chi connectivity index (χ4n) is 3.40. The van der Waals surface area contributed by atoms with E-state index in [9.17, 15) is 14.7 Å². The molecule has 0 bridgehead atoms. The molecule has 3 aromatic rings. The van der Waals surface area contributed by atoms with E-state index in [0.717, 1.165) is 16.7 Å². The number of amides is 1. The van der Waals surface area contributed by atoms with Gasteiger partial charge in [-0.3, -0.25) is 0 Å². The molecule has 2 N–H and O–H groups in total. The van der Waals surface area contributed by atoms with Gasteiger partial charge in [-0.1, -0.05) is 72.8 Å². The molecule has 0 unspecified atom stereocenters. The summed E-state index contributed by atoms with van der Waals surface area (Å²) in [6.07, 6.45) is -2.14. The Labute approximate surface area is 212 Å². The molecular weight excluding hydrogens is 458 g/mol. The van der Waals surface area contributed by atoms with E-state index >= 15 is 0 Å². The number of hydrogen-bond donors (Lipinski definition) is 2. The van der Waals surface area contributed by atoms with Gasteiger partial charge in [0.15, 0.2) is 6.10 Å². The van der Waals surface area contributed by atoms with E-state index in [4.69, 9.17) is 14.2 Å². The number of benzene rings is 3. The summed E-state index contributed by atoms with van der Waals surface area (Å²) >= 11 is 0. The number of aliphatic hydroxyl groups is 1. The topological polar surface area (TPSA) is 94.1 Å². The van der Waals surface area contributed by atoms with E-state index in [1.54, 1.807) is 20.8 Å². The predicted molar refractivity (Wildman–Crippen MR) is 136 cm³/mol. The number of rotatable bonds is 10. The summed E-state index contributed by atoms with van der Waals surface area (Å²) < 4.78 is 16.4. The fourth-order valence-corrected chi connectivity index (χ4v) is 3.40. The molecule has 0 saturated carbocycles. The molecule has 7 nitrogen and oxygen atoms in total. The molecule has 0 aromatic heterocycles. The lowest BCUT2D eigenvalue weighted by Gasteiger charge is -2.26. The maximum atomic E-state index is 12.6. The lowest BCUT2D eigenvalue weighted by Crippen LogP contribution is -2.50. The van der Waals surface area contributed by atoms with Crippen molar-refractivity contribution in [3.8, 4) is 5.75 Å². The SMILES string of the molecule is CC(C)(C)OC(=O)N[C@@H](Cc1ccc(OCc2ccccc2)cc1)[C@@H](O)C(=O)OCc1ccccc1. The first-order valence-corrected chi connectivity index (χ1v) is 11.8. The molecule has 0 aliphatic heterocycles. The zero-order valence-corrected chi connectivity index (χ0v) is 20.8. The van der Waals surface area contributed by atoms with Crippen LogP contribution in [-0.2, 0) is 33.9 Å². The van der Waals surface area contributed by atoms with Gasteiger partial charge < -0.3 is 24.6 Å². The average molecular weight is 492 g/mol. The third kappa shape index (κ3) is 9.07. The second-order valence-corrected chi connectivity index (χ2v) is 9.41. The minimum Gasteiger partial charge on any atom is -0.489 e. The zero-order valence-electron chi connectivity index (χ0n) is 20.8. The van der Waals surface area contributed by atoms with Crippen molar-refractivity contribution in [3.05, 3.63) is 102 Å². The van der Waals surface area contributed by atoms with Crippen LogP contribution < -0.4 is 10.1 Å². The third-order valence-electron chi connectivity index (χ3n) is 5.18. The van der Waals surface area contributed by atoms with Gasteiger partial charge in [-0.05, 0) is 56.0 Å². The second-order valence-electron chi connectivity index (χ2n) is 9.41. The van der Waals surface area contributed by atoms with Crippen molar-refractivity contribution in [2.24, 2.45) is 0 Å². The van der Waals surface area contributed by atoms with Crippen LogP contribution in [0.25, 0.3) is 0 Å². The van der Waals surface area contributed by atoms with Crippen molar-refractivity contribution < 1.29 is 28.9 Å². The molecule has 0 spiro atoms. The highest BCUT2D eigenvalue weighted by molar-refractivity contribution is 5.77. The van der Waals surface area contributed by atoms with Crippen molar-refractivity contribution in [1.29, 1.82) is 0 Å². The Morgan fingerprint density at radius 2 is 1.36 bits per heavy atom. The molecule has 36 heavy (non-hydrogen) atoms. The lowest BCUT2D eigenvalue weighted by atomic mass is 10.0. The summed E-state index contributed by atoms with van der Waals surface area (Å²) in [5.41, 5.74) is 1.91. The maximum absolute atomic E-state index is 12.6. The van der Waals surface area contributed by atoms with Crippen molar-refractivity contribution in [1.82, 2.24) is 5.32 Å². The number of esters is 1. The first-order chi connectivity index (χ1) is 17.2. The second kappa shape index (κ2) is 12.7. The number of carbonyl (C=O) groups excluding carboxylic acids is 2. The van der Waals surface area contributed by atoms with Crippen LogP contribution in [0.15, 0.2) is 84.9 Å². The molecule has 0 radical (unpaired) electrons. The third-order valence-corrected chi connectivity index (χ3v) is 5.18. The van der Waals surface area contributed by atoms with Crippen molar-refractivity contribution in [3.63, 3.8) is 0 Å². The minimum atomic E-state index is -1.59. The summed E-state index contributed by atoms with van der Waals surface area (Å²) in [6, 6.07) is 25.3. The Morgan fingerprint density at radius 1 is 0.806 bits per heavy atom. The van der Waals surface area contributed by atoms with Gasteiger partial charge in [0.2, 0.25) is 0 Å². The average Bonchev–Trinajstić information content (AvgIpc) is 2.86. The predicted octanol–water partition coefficient (Wildman–Crippen LogP) is 4.81. The standard InChI is InChI=1S/C29H33NO6/c1-29(2,3)36-28(33)30-25(26(31)27(32)35-20-23-12-8-5-9-13-23)18-21-14-16-24(17-15-21)34-19-22-10-6-4-7-11-22/h4-17,25-26,31H,18-20H2,1-3H3,(H,30,33)/t25-,26+/m0/s1. The number of hydrogen-bond acceptors (Lipinski definition) is 6. The monoisotopic (exact) mass is 491 g/mol. The lowest BCUT2D eigenvalue weighted by molar-refractivity contribution is -0.156. The highest BCUT2D eigenvalue weighted by atomic mass is 16.6. The highest BCUT2D eigenvalue weighted by Crippen LogP contribution is 2.17. The smallest absolute Gasteiger partial charge is 0.407 e. The van der Waals surface area contributed by atoms with Crippen LogP contribution in [0.4, 0.5) is 4.79 Å². The molecule has 0 fully saturated rings. The maximum Gasteiger partial charge on any atom is 0.407 e. The summed E-state index contributed by atoms with van der Waals surface area (Å²) in [5.74, 6) is -0.148. The zero-order chi connectivity index (χ0) is 26.0. The number of nitrogens with one attached hydrogen (secondary N) is 1. The van der Waals surface area contributed by atoms with Gasteiger partial charge in [0.25, 0.3) is 0 Å². The molecule has 3 aromatic carbocycles. The normalized spacial score (nSPS) is 12.8. The van der Waals surface area contributed by atoms with Crippen LogP contribution >= 0.6 is 0 Å². The van der Waals surface area contributed by atoms with Crippen molar-refractivity contribution >= 4 is 12.1 Å². The van der Waals surface area contributed by atoms with Crippen LogP contribution in [0.5, 0.6) is 5.75 Å². The summed E-state index contributed by atoms with van der Waals surface area (Å²) in [5, 5.41) is 13.4. The van der Waals surface area contributed by atoms with Crippen LogP contribution in [0, 0.1) is 0 Å². The van der Waals surface area contributed by atoms with E-state index in [-0.39, 0.29) is 13.0 Å². The summed E-state index contributed by atoms with van der Waals surface area (Å²) in [7, 11) is 0. The van der Waals surface area contributed by atoms with Gasteiger partial charge in [0, 0.05) is 0 Å². The largest absolute Gasteiger partial charge is 0.489 e. The van der Waals surface area contributed by atoms with Gasteiger partial charge >= 0.3 is 12.1 Å². The molecule has 0 saturated heterocycles. The number of alkyl carbamates (subject to hydrolysis) is 1. The Balaban J connectivity index is 1.64. The number of aliphatic hydroxyl groups excluding tert-OH is 1.